The van der Waals surface area contributed by atoms with Gasteiger partial charge in [0.1, 0.15) is 6.04 Å². The van der Waals surface area contributed by atoms with Crippen molar-refractivity contribution in [3.05, 3.63) is 54.4 Å². The van der Waals surface area contributed by atoms with E-state index in [2.05, 4.69) is 15.6 Å². The maximum atomic E-state index is 12.3. The number of amides is 2. The second kappa shape index (κ2) is 9.84. The van der Waals surface area contributed by atoms with Crippen LogP contribution in [-0.4, -0.2) is 22.8 Å². The second-order valence-electron chi connectivity index (χ2n) is 5.71. The standard InChI is InChI=1S/C19H23N3O2S/c1-3-5-18(21-14(2)23)19(24)22-16-7-9-17(10-8-16)25-13-15-6-4-11-20-12-15/h4,6-12,18H,3,5,13H2,1-2H3,(H,21,23)(H,22,24)/t18-/m1/s1. The number of carbonyl (C=O) groups is 2. The van der Waals surface area contributed by atoms with E-state index < -0.39 is 6.04 Å². The lowest BCUT2D eigenvalue weighted by molar-refractivity contribution is -0.125. The number of rotatable bonds is 8. The number of hydrogen-bond donors (Lipinski definition) is 2. The summed E-state index contributed by atoms with van der Waals surface area (Å²) in [6.07, 6.45) is 5.06. The minimum atomic E-state index is -0.498. The highest BCUT2D eigenvalue weighted by Crippen LogP contribution is 2.24. The van der Waals surface area contributed by atoms with E-state index in [9.17, 15) is 9.59 Å². The van der Waals surface area contributed by atoms with Crippen molar-refractivity contribution in [2.75, 3.05) is 5.32 Å². The zero-order chi connectivity index (χ0) is 18.1. The van der Waals surface area contributed by atoms with E-state index in [-0.39, 0.29) is 11.8 Å². The van der Waals surface area contributed by atoms with E-state index in [1.165, 1.54) is 12.5 Å². The number of nitrogens with zero attached hydrogens (tertiary/aromatic N) is 1. The molecule has 1 aromatic heterocycles. The molecule has 5 nitrogen and oxygen atoms in total. The molecule has 0 aliphatic carbocycles. The Bertz CT molecular complexity index is 690. The van der Waals surface area contributed by atoms with Gasteiger partial charge in [0.2, 0.25) is 11.8 Å². The number of thioether (sulfide) groups is 1. The molecule has 0 unspecified atom stereocenters. The fraction of sp³-hybridized carbons (Fsp3) is 0.316. The molecule has 0 saturated carbocycles. The van der Waals surface area contributed by atoms with E-state index in [0.717, 1.165) is 22.8 Å². The lowest BCUT2D eigenvalue weighted by atomic mass is 10.1. The Hall–Kier alpha value is -2.34. The molecule has 0 aliphatic heterocycles. The van der Waals surface area contributed by atoms with Crippen molar-refractivity contribution in [3.63, 3.8) is 0 Å². The maximum Gasteiger partial charge on any atom is 0.246 e. The minimum Gasteiger partial charge on any atom is -0.345 e. The summed E-state index contributed by atoms with van der Waals surface area (Å²) in [5.74, 6) is 0.462. The maximum absolute atomic E-state index is 12.3. The molecule has 0 spiro atoms. The number of anilines is 1. The highest BCUT2D eigenvalue weighted by atomic mass is 32.2. The van der Waals surface area contributed by atoms with Crippen molar-refractivity contribution in [3.8, 4) is 0 Å². The summed E-state index contributed by atoms with van der Waals surface area (Å²) in [5.41, 5.74) is 1.89. The highest BCUT2D eigenvalue weighted by molar-refractivity contribution is 7.98. The Morgan fingerprint density at radius 2 is 1.96 bits per heavy atom. The lowest BCUT2D eigenvalue weighted by Gasteiger charge is -2.17. The Kier molecular flexibility index (Phi) is 7.47. The van der Waals surface area contributed by atoms with Gasteiger partial charge >= 0.3 is 0 Å². The third-order valence-corrected chi connectivity index (χ3v) is 4.60. The molecular weight excluding hydrogens is 334 g/mol. The van der Waals surface area contributed by atoms with Gasteiger partial charge in [-0.15, -0.1) is 11.8 Å². The van der Waals surface area contributed by atoms with Crippen molar-refractivity contribution >= 4 is 29.3 Å². The summed E-state index contributed by atoms with van der Waals surface area (Å²) in [6.45, 7) is 3.40. The molecular formula is C19H23N3O2S. The molecule has 2 rings (SSSR count). The van der Waals surface area contributed by atoms with E-state index in [1.54, 1.807) is 18.0 Å². The van der Waals surface area contributed by atoms with Gasteiger partial charge in [-0.05, 0) is 42.3 Å². The van der Waals surface area contributed by atoms with Crippen LogP contribution in [0.2, 0.25) is 0 Å². The van der Waals surface area contributed by atoms with Crippen LogP contribution in [0.5, 0.6) is 0 Å². The van der Waals surface area contributed by atoms with Crippen molar-refractivity contribution in [2.45, 2.75) is 43.4 Å². The third-order valence-electron chi connectivity index (χ3n) is 3.52. The first kappa shape index (κ1) is 19.0. The fourth-order valence-electron chi connectivity index (χ4n) is 2.32. The van der Waals surface area contributed by atoms with Crippen LogP contribution < -0.4 is 10.6 Å². The third kappa shape index (κ3) is 6.58. The molecule has 0 fully saturated rings. The van der Waals surface area contributed by atoms with Gasteiger partial charge in [0.25, 0.3) is 0 Å². The van der Waals surface area contributed by atoms with Gasteiger partial charge < -0.3 is 10.6 Å². The SMILES string of the molecule is CCC[C@@H](NC(C)=O)C(=O)Nc1ccc(SCc2cccnc2)cc1. The first-order valence-electron chi connectivity index (χ1n) is 8.28. The van der Waals surface area contributed by atoms with Crippen LogP contribution in [0.4, 0.5) is 5.69 Å². The van der Waals surface area contributed by atoms with Crippen LogP contribution in [0.25, 0.3) is 0 Å². The monoisotopic (exact) mass is 357 g/mol. The molecule has 1 aromatic carbocycles. The van der Waals surface area contributed by atoms with Gasteiger partial charge in [0, 0.05) is 35.7 Å². The van der Waals surface area contributed by atoms with Gasteiger partial charge in [0.05, 0.1) is 0 Å². The quantitative estimate of drug-likeness (QED) is 0.708. The summed E-state index contributed by atoms with van der Waals surface area (Å²) >= 11 is 1.71. The fourth-order valence-corrected chi connectivity index (χ4v) is 3.15. The molecule has 0 aliphatic rings. The predicted octanol–water partition coefficient (Wildman–Crippen LogP) is 3.62. The van der Waals surface area contributed by atoms with Gasteiger partial charge in [-0.2, -0.15) is 0 Å². The van der Waals surface area contributed by atoms with Gasteiger partial charge in [0.15, 0.2) is 0 Å². The van der Waals surface area contributed by atoms with Crippen LogP contribution >= 0.6 is 11.8 Å². The largest absolute Gasteiger partial charge is 0.345 e. The van der Waals surface area contributed by atoms with Crippen LogP contribution in [0, 0.1) is 0 Å². The molecule has 1 heterocycles. The van der Waals surface area contributed by atoms with E-state index >= 15 is 0 Å². The Morgan fingerprint density at radius 1 is 1.20 bits per heavy atom. The van der Waals surface area contributed by atoms with Crippen LogP contribution in [0.3, 0.4) is 0 Å². The van der Waals surface area contributed by atoms with E-state index in [1.807, 2.05) is 49.5 Å². The van der Waals surface area contributed by atoms with Crippen molar-refractivity contribution in [1.82, 2.24) is 10.3 Å². The number of hydrogen-bond acceptors (Lipinski definition) is 4. The van der Waals surface area contributed by atoms with Crippen molar-refractivity contribution in [1.29, 1.82) is 0 Å². The summed E-state index contributed by atoms with van der Waals surface area (Å²) < 4.78 is 0. The first-order chi connectivity index (χ1) is 12.1. The second-order valence-corrected chi connectivity index (χ2v) is 6.75. The Labute approximate surface area is 152 Å². The topological polar surface area (TPSA) is 71.1 Å². The Balaban J connectivity index is 1.90. The van der Waals surface area contributed by atoms with Crippen molar-refractivity contribution < 1.29 is 9.59 Å². The molecule has 2 amide bonds. The van der Waals surface area contributed by atoms with Gasteiger partial charge in [-0.1, -0.05) is 19.4 Å². The molecule has 1 atom stereocenters. The zero-order valence-corrected chi connectivity index (χ0v) is 15.3. The average molecular weight is 357 g/mol. The summed E-state index contributed by atoms with van der Waals surface area (Å²) in [6, 6.07) is 11.2. The number of benzene rings is 1. The van der Waals surface area contributed by atoms with E-state index in [0.29, 0.717) is 6.42 Å². The normalized spacial score (nSPS) is 11.6. The Morgan fingerprint density at radius 3 is 2.56 bits per heavy atom. The van der Waals surface area contributed by atoms with Crippen LogP contribution in [-0.2, 0) is 15.3 Å². The summed E-state index contributed by atoms with van der Waals surface area (Å²) in [7, 11) is 0. The van der Waals surface area contributed by atoms with Crippen molar-refractivity contribution in [2.24, 2.45) is 0 Å². The molecule has 0 bridgehead atoms. The number of aromatic nitrogens is 1. The predicted molar refractivity (Wildman–Crippen MR) is 101 cm³/mol. The molecule has 2 N–H and O–H groups in total. The van der Waals surface area contributed by atoms with Crippen LogP contribution in [0.15, 0.2) is 53.7 Å². The van der Waals surface area contributed by atoms with Crippen LogP contribution in [0.1, 0.15) is 32.3 Å². The van der Waals surface area contributed by atoms with E-state index in [4.69, 9.17) is 0 Å². The molecule has 0 radical (unpaired) electrons. The molecule has 6 heteroatoms. The number of nitrogens with one attached hydrogen (secondary N) is 2. The minimum absolute atomic E-state index is 0.187. The number of pyridine rings is 1. The number of carbonyl (C=O) groups excluding carboxylic acids is 2. The summed E-state index contributed by atoms with van der Waals surface area (Å²) in [4.78, 5) is 28.7. The molecule has 25 heavy (non-hydrogen) atoms. The molecule has 132 valence electrons. The first-order valence-corrected chi connectivity index (χ1v) is 9.26. The molecule has 2 aromatic rings. The molecule has 0 saturated heterocycles. The lowest BCUT2D eigenvalue weighted by Crippen LogP contribution is -2.42. The average Bonchev–Trinajstić information content (AvgIpc) is 2.61. The van der Waals surface area contributed by atoms with Gasteiger partial charge in [-0.25, -0.2) is 0 Å². The van der Waals surface area contributed by atoms with Gasteiger partial charge in [-0.3, -0.25) is 14.6 Å². The zero-order valence-electron chi connectivity index (χ0n) is 14.5. The summed E-state index contributed by atoms with van der Waals surface area (Å²) in [5, 5.41) is 5.55. The smallest absolute Gasteiger partial charge is 0.246 e. The highest BCUT2D eigenvalue weighted by Gasteiger charge is 2.18.